The van der Waals surface area contributed by atoms with Crippen LogP contribution in [0.15, 0.2) is 66.7 Å². The van der Waals surface area contributed by atoms with Crippen molar-refractivity contribution in [3.05, 3.63) is 72.3 Å². The number of nitrogens with one attached hydrogen (secondary N) is 1. The summed E-state index contributed by atoms with van der Waals surface area (Å²) in [5, 5.41) is 5.23. The van der Waals surface area contributed by atoms with E-state index >= 15 is 0 Å². The van der Waals surface area contributed by atoms with Gasteiger partial charge >= 0.3 is 0 Å². The van der Waals surface area contributed by atoms with E-state index in [2.05, 4.69) is 23.5 Å². The number of carbonyl (C=O) groups is 2. The van der Waals surface area contributed by atoms with Gasteiger partial charge < -0.3 is 15.0 Å². The number of hydrogen-bond donors (Lipinski definition) is 1. The molecule has 1 heterocycles. The molecule has 160 valence electrons. The number of nitrogens with zero attached hydrogens (tertiary/aromatic N) is 1. The van der Waals surface area contributed by atoms with Crippen molar-refractivity contribution >= 4 is 28.3 Å². The predicted octanol–water partition coefficient (Wildman–Crippen LogP) is 4.66. The molecule has 3 aromatic carbocycles. The van der Waals surface area contributed by atoms with Crippen molar-refractivity contribution in [1.82, 2.24) is 4.90 Å². The summed E-state index contributed by atoms with van der Waals surface area (Å²) in [4.78, 5) is 27.7. The summed E-state index contributed by atoms with van der Waals surface area (Å²) in [6.45, 7) is 3.71. The van der Waals surface area contributed by atoms with Crippen molar-refractivity contribution in [1.29, 1.82) is 0 Å². The van der Waals surface area contributed by atoms with E-state index in [1.54, 1.807) is 0 Å². The quantitative estimate of drug-likeness (QED) is 0.636. The van der Waals surface area contributed by atoms with Gasteiger partial charge in [-0.1, -0.05) is 42.5 Å². The maximum Gasteiger partial charge on any atom is 0.229 e. The molecular weight excluding hydrogens is 388 g/mol. The van der Waals surface area contributed by atoms with Crippen LogP contribution in [0.5, 0.6) is 5.75 Å². The number of carbonyl (C=O) groups excluding carboxylic acids is 2. The molecule has 0 spiro atoms. The first kappa shape index (κ1) is 20.9. The summed E-state index contributed by atoms with van der Waals surface area (Å²) >= 11 is 0. The van der Waals surface area contributed by atoms with Crippen LogP contribution in [0, 0.1) is 5.92 Å². The first-order valence-corrected chi connectivity index (χ1v) is 10.9. The molecule has 5 heteroatoms. The van der Waals surface area contributed by atoms with Crippen molar-refractivity contribution in [3.63, 3.8) is 0 Å². The number of ether oxygens (including phenoxy) is 1. The van der Waals surface area contributed by atoms with Crippen molar-refractivity contribution in [2.75, 3.05) is 25.0 Å². The SMILES string of the molecule is CCOc1ccc(NC(=O)[C@@H]2CCCN(C(=O)Cc3cccc4ccccc34)C2)cc1. The van der Waals surface area contributed by atoms with Crippen molar-refractivity contribution < 1.29 is 14.3 Å². The Morgan fingerprint density at radius 3 is 2.61 bits per heavy atom. The largest absolute Gasteiger partial charge is 0.494 e. The summed E-state index contributed by atoms with van der Waals surface area (Å²) in [7, 11) is 0. The molecular formula is C26H28N2O3. The first-order valence-electron chi connectivity index (χ1n) is 10.9. The third-order valence-electron chi connectivity index (χ3n) is 5.80. The number of rotatable bonds is 6. The maximum atomic E-state index is 13.0. The summed E-state index contributed by atoms with van der Waals surface area (Å²) in [5.41, 5.74) is 1.77. The van der Waals surface area contributed by atoms with Gasteiger partial charge in [0.2, 0.25) is 11.8 Å². The van der Waals surface area contributed by atoms with Crippen LogP contribution in [0.3, 0.4) is 0 Å². The lowest BCUT2D eigenvalue weighted by atomic mass is 9.95. The fraction of sp³-hybridized carbons (Fsp3) is 0.308. The summed E-state index contributed by atoms with van der Waals surface area (Å²) < 4.78 is 5.44. The third-order valence-corrected chi connectivity index (χ3v) is 5.80. The van der Waals surface area contributed by atoms with Gasteiger partial charge in [0, 0.05) is 18.8 Å². The third kappa shape index (κ3) is 5.05. The van der Waals surface area contributed by atoms with Gasteiger partial charge in [-0.05, 0) is 60.4 Å². The van der Waals surface area contributed by atoms with Crippen LogP contribution < -0.4 is 10.1 Å². The number of piperidine rings is 1. The molecule has 1 N–H and O–H groups in total. The monoisotopic (exact) mass is 416 g/mol. The van der Waals surface area contributed by atoms with E-state index in [1.807, 2.05) is 60.4 Å². The van der Waals surface area contributed by atoms with Crippen LogP contribution >= 0.6 is 0 Å². The zero-order chi connectivity index (χ0) is 21.6. The average Bonchev–Trinajstić information content (AvgIpc) is 2.81. The zero-order valence-corrected chi connectivity index (χ0v) is 17.8. The highest BCUT2D eigenvalue weighted by molar-refractivity contribution is 5.94. The highest BCUT2D eigenvalue weighted by Gasteiger charge is 2.28. The molecule has 1 atom stereocenters. The smallest absolute Gasteiger partial charge is 0.229 e. The second-order valence-electron chi connectivity index (χ2n) is 7.94. The topological polar surface area (TPSA) is 58.6 Å². The van der Waals surface area contributed by atoms with Crippen LogP contribution in [0.1, 0.15) is 25.3 Å². The number of hydrogen-bond acceptors (Lipinski definition) is 3. The Bertz CT molecular complexity index is 1060. The number of likely N-dealkylation sites (tertiary alicyclic amines) is 1. The van der Waals surface area contributed by atoms with Gasteiger partial charge in [0.05, 0.1) is 18.9 Å². The second kappa shape index (κ2) is 9.65. The minimum Gasteiger partial charge on any atom is -0.494 e. The van der Waals surface area contributed by atoms with Crippen LogP contribution in [-0.4, -0.2) is 36.4 Å². The first-order chi connectivity index (χ1) is 15.1. The molecule has 0 saturated carbocycles. The molecule has 0 aromatic heterocycles. The van der Waals surface area contributed by atoms with E-state index < -0.39 is 0 Å². The van der Waals surface area contributed by atoms with Gasteiger partial charge in [-0.3, -0.25) is 9.59 Å². The molecule has 4 rings (SSSR count). The molecule has 0 unspecified atom stereocenters. The highest BCUT2D eigenvalue weighted by atomic mass is 16.5. The van der Waals surface area contributed by atoms with Crippen LogP contribution in [0.25, 0.3) is 10.8 Å². The summed E-state index contributed by atoms with van der Waals surface area (Å²) in [5.74, 6) is 0.627. The maximum absolute atomic E-state index is 13.0. The van der Waals surface area contributed by atoms with Gasteiger partial charge in [-0.25, -0.2) is 0 Å². The normalized spacial score (nSPS) is 16.2. The summed E-state index contributed by atoms with van der Waals surface area (Å²) in [6, 6.07) is 21.6. The van der Waals surface area contributed by atoms with Crippen molar-refractivity contribution in [3.8, 4) is 5.75 Å². The Balaban J connectivity index is 1.38. The lowest BCUT2D eigenvalue weighted by Gasteiger charge is -2.32. The Hall–Kier alpha value is -3.34. The fourth-order valence-corrected chi connectivity index (χ4v) is 4.18. The Morgan fingerprint density at radius 2 is 1.81 bits per heavy atom. The van der Waals surface area contributed by atoms with E-state index in [1.165, 1.54) is 0 Å². The molecule has 0 aliphatic carbocycles. The average molecular weight is 417 g/mol. The van der Waals surface area contributed by atoms with E-state index in [9.17, 15) is 9.59 Å². The molecule has 1 fully saturated rings. The number of amides is 2. The Morgan fingerprint density at radius 1 is 1.03 bits per heavy atom. The van der Waals surface area contributed by atoms with Gasteiger partial charge in [-0.2, -0.15) is 0 Å². The zero-order valence-electron chi connectivity index (χ0n) is 17.8. The molecule has 1 saturated heterocycles. The van der Waals surface area contributed by atoms with E-state index in [4.69, 9.17) is 4.74 Å². The van der Waals surface area contributed by atoms with Gasteiger partial charge in [-0.15, -0.1) is 0 Å². The van der Waals surface area contributed by atoms with Gasteiger partial charge in [0.15, 0.2) is 0 Å². The predicted molar refractivity (Wildman–Crippen MR) is 123 cm³/mol. The van der Waals surface area contributed by atoms with E-state index in [0.29, 0.717) is 26.1 Å². The van der Waals surface area contributed by atoms with Crippen molar-refractivity contribution in [2.45, 2.75) is 26.2 Å². The molecule has 0 bridgehead atoms. The lowest BCUT2D eigenvalue weighted by molar-refractivity contribution is -0.133. The number of anilines is 1. The molecule has 3 aromatic rings. The Kier molecular flexibility index (Phi) is 6.51. The highest BCUT2D eigenvalue weighted by Crippen LogP contribution is 2.23. The van der Waals surface area contributed by atoms with Gasteiger partial charge in [0.25, 0.3) is 0 Å². The molecule has 1 aliphatic heterocycles. The van der Waals surface area contributed by atoms with Gasteiger partial charge in [0.1, 0.15) is 5.75 Å². The van der Waals surface area contributed by atoms with E-state index in [-0.39, 0.29) is 17.7 Å². The minimum absolute atomic E-state index is 0.0354. The fourth-order valence-electron chi connectivity index (χ4n) is 4.18. The molecule has 1 aliphatic rings. The van der Waals surface area contributed by atoms with Crippen LogP contribution in [0.2, 0.25) is 0 Å². The lowest BCUT2D eigenvalue weighted by Crippen LogP contribution is -2.44. The molecule has 2 amide bonds. The van der Waals surface area contributed by atoms with Crippen molar-refractivity contribution in [2.24, 2.45) is 5.92 Å². The van der Waals surface area contributed by atoms with E-state index in [0.717, 1.165) is 40.6 Å². The molecule has 31 heavy (non-hydrogen) atoms. The molecule has 5 nitrogen and oxygen atoms in total. The number of fused-ring (bicyclic) bond motifs is 1. The van der Waals surface area contributed by atoms with Crippen LogP contribution in [-0.2, 0) is 16.0 Å². The summed E-state index contributed by atoms with van der Waals surface area (Å²) in [6.07, 6.45) is 1.98. The van der Waals surface area contributed by atoms with Crippen LogP contribution in [0.4, 0.5) is 5.69 Å². The standard InChI is InChI=1S/C26H28N2O3/c1-2-31-23-14-12-22(13-15-23)27-26(30)21-10-6-16-28(18-21)25(29)17-20-9-5-8-19-7-3-4-11-24(19)20/h3-5,7-9,11-15,21H,2,6,10,16-18H2,1H3,(H,27,30)/t21-/m1/s1. The molecule has 0 radical (unpaired) electrons. The Labute approximate surface area is 183 Å². The minimum atomic E-state index is -0.197. The number of benzene rings is 3. The second-order valence-corrected chi connectivity index (χ2v) is 7.94.